The van der Waals surface area contributed by atoms with E-state index in [9.17, 15) is 0 Å². The normalized spacial score (nSPS) is 13.3. The monoisotopic (exact) mass is 315 g/mol. The van der Waals surface area contributed by atoms with Gasteiger partial charge in [0.25, 0.3) is 0 Å². The number of benzene rings is 1. The molecule has 1 aromatic carbocycles. The van der Waals surface area contributed by atoms with Gasteiger partial charge in [-0.2, -0.15) is 0 Å². The Bertz CT molecular complexity index is 464. The fraction of sp³-hybridized carbons (Fsp3) is 0.417. The van der Waals surface area contributed by atoms with Crippen molar-refractivity contribution in [3.8, 4) is 0 Å². The van der Waals surface area contributed by atoms with Crippen LogP contribution in [0.5, 0.6) is 0 Å². The van der Waals surface area contributed by atoms with E-state index >= 15 is 0 Å². The molecule has 15 heavy (non-hydrogen) atoms. The number of hydrogen-bond acceptors (Lipinski definition) is 2. The summed E-state index contributed by atoms with van der Waals surface area (Å²) in [5, 5.41) is 0. The molecule has 0 saturated carbocycles. The highest BCUT2D eigenvalue weighted by Crippen LogP contribution is 2.25. The van der Waals surface area contributed by atoms with Crippen LogP contribution in [-0.4, -0.2) is 4.98 Å². The van der Waals surface area contributed by atoms with Crippen molar-refractivity contribution in [1.29, 1.82) is 0 Å². The number of fused-ring (bicyclic) bond motifs is 1. The van der Waals surface area contributed by atoms with Crippen LogP contribution in [0.1, 0.15) is 38.5 Å². The summed E-state index contributed by atoms with van der Waals surface area (Å²) in [6, 6.07) is 6.10. The number of halogens is 1. The molecule has 2 nitrogen and oxygen atoms in total. The molecule has 0 aliphatic carbocycles. The number of rotatable bonds is 3. The molecule has 1 unspecified atom stereocenters. The van der Waals surface area contributed by atoms with E-state index in [2.05, 4.69) is 47.5 Å². The molecule has 0 N–H and O–H groups in total. The summed E-state index contributed by atoms with van der Waals surface area (Å²) in [6.07, 6.45) is 2.29. The third-order valence-corrected chi connectivity index (χ3v) is 3.18. The molecule has 80 valence electrons. The number of nitrogens with zero attached hydrogens (tertiary/aromatic N) is 1. The lowest BCUT2D eigenvalue weighted by Crippen LogP contribution is -1.91. The minimum absolute atomic E-state index is 0.417. The van der Waals surface area contributed by atoms with Crippen molar-refractivity contribution in [2.75, 3.05) is 0 Å². The molecule has 0 spiro atoms. The lowest BCUT2D eigenvalue weighted by atomic mass is 10.1. The SMILES string of the molecule is CCCC(C)c1nc2ccc(I)cc2o1. The Kier molecular flexibility index (Phi) is 3.29. The van der Waals surface area contributed by atoms with Crippen molar-refractivity contribution in [3.63, 3.8) is 0 Å². The summed E-state index contributed by atoms with van der Waals surface area (Å²) in [7, 11) is 0. The van der Waals surface area contributed by atoms with E-state index in [1.807, 2.05) is 12.1 Å². The van der Waals surface area contributed by atoms with Crippen molar-refractivity contribution >= 4 is 33.7 Å². The highest BCUT2D eigenvalue weighted by Gasteiger charge is 2.12. The molecule has 3 heteroatoms. The highest BCUT2D eigenvalue weighted by molar-refractivity contribution is 14.1. The quantitative estimate of drug-likeness (QED) is 0.788. The Labute approximate surface area is 103 Å². The van der Waals surface area contributed by atoms with E-state index < -0.39 is 0 Å². The molecule has 2 aromatic rings. The smallest absolute Gasteiger partial charge is 0.198 e. The second-order valence-corrected chi connectivity index (χ2v) is 5.10. The molecule has 1 aromatic heterocycles. The van der Waals surface area contributed by atoms with Crippen molar-refractivity contribution in [2.24, 2.45) is 0 Å². The number of oxazole rings is 1. The van der Waals surface area contributed by atoms with Gasteiger partial charge in [-0.15, -0.1) is 0 Å². The van der Waals surface area contributed by atoms with Gasteiger partial charge in [-0.25, -0.2) is 4.98 Å². The number of aromatic nitrogens is 1. The second kappa shape index (κ2) is 4.51. The topological polar surface area (TPSA) is 26.0 Å². The molecule has 0 saturated heterocycles. The van der Waals surface area contributed by atoms with Crippen LogP contribution in [-0.2, 0) is 0 Å². The van der Waals surface area contributed by atoms with Crippen LogP contribution >= 0.6 is 22.6 Å². The van der Waals surface area contributed by atoms with Gasteiger partial charge in [0.1, 0.15) is 5.52 Å². The largest absolute Gasteiger partial charge is 0.440 e. The van der Waals surface area contributed by atoms with Crippen molar-refractivity contribution in [3.05, 3.63) is 27.7 Å². The van der Waals surface area contributed by atoms with Crippen LogP contribution in [0.2, 0.25) is 0 Å². The van der Waals surface area contributed by atoms with Crippen molar-refractivity contribution in [2.45, 2.75) is 32.6 Å². The molecule has 1 heterocycles. The maximum Gasteiger partial charge on any atom is 0.198 e. The van der Waals surface area contributed by atoms with Crippen LogP contribution in [0, 0.1) is 3.57 Å². The predicted molar refractivity (Wildman–Crippen MR) is 70.0 cm³/mol. The van der Waals surface area contributed by atoms with Gasteiger partial charge in [-0.05, 0) is 47.2 Å². The summed E-state index contributed by atoms with van der Waals surface area (Å²) in [5.74, 6) is 1.29. The standard InChI is InChI=1S/C12H14INO/c1-3-4-8(2)12-14-10-6-5-9(13)7-11(10)15-12/h5-8H,3-4H2,1-2H3. The average Bonchev–Trinajstić information content (AvgIpc) is 2.60. The van der Waals surface area contributed by atoms with Gasteiger partial charge in [-0.3, -0.25) is 0 Å². The average molecular weight is 315 g/mol. The van der Waals surface area contributed by atoms with Gasteiger partial charge < -0.3 is 4.42 Å². The fourth-order valence-electron chi connectivity index (χ4n) is 1.68. The molecule has 0 amide bonds. The lowest BCUT2D eigenvalue weighted by Gasteiger charge is -2.02. The third-order valence-electron chi connectivity index (χ3n) is 2.51. The van der Waals surface area contributed by atoms with Gasteiger partial charge in [-0.1, -0.05) is 20.3 Å². The van der Waals surface area contributed by atoms with Crippen LogP contribution < -0.4 is 0 Å². The van der Waals surface area contributed by atoms with Gasteiger partial charge in [0.05, 0.1) is 0 Å². The minimum Gasteiger partial charge on any atom is -0.440 e. The first-order valence-corrected chi connectivity index (χ1v) is 6.34. The Morgan fingerprint density at radius 3 is 3.00 bits per heavy atom. The Morgan fingerprint density at radius 1 is 1.47 bits per heavy atom. The molecular formula is C12H14INO. The van der Waals surface area contributed by atoms with E-state index in [1.54, 1.807) is 0 Å². The fourth-order valence-corrected chi connectivity index (χ4v) is 2.15. The van der Waals surface area contributed by atoms with E-state index in [4.69, 9.17) is 4.42 Å². The summed E-state index contributed by atoms with van der Waals surface area (Å²) in [6.45, 7) is 4.35. The van der Waals surface area contributed by atoms with E-state index in [0.29, 0.717) is 5.92 Å². The molecule has 0 aliphatic heterocycles. The molecule has 2 rings (SSSR count). The van der Waals surface area contributed by atoms with E-state index in [0.717, 1.165) is 29.8 Å². The molecule has 1 atom stereocenters. The van der Waals surface area contributed by atoms with Crippen molar-refractivity contribution < 1.29 is 4.42 Å². The predicted octanol–water partition coefficient (Wildman–Crippen LogP) is 4.34. The lowest BCUT2D eigenvalue weighted by molar-refractivity contribution is 0.467. The van der Waals surface area contributed by atoms with Crippen LogP contribution in [0.15, 0.2) is 22.6 Å². The number of hydrogen-bond donors (Lipinski definition) is 0. The van der Waals surface area contributed by atoms with Crippen LogP contribution in [0.25, 0.3) is 11.1 Å². The molecular weight excluding hydrogens is 301 g/mol. The van der Waals surface area contributed by atoms with Crippen molar-refractivity contribution in [1.82, 2.24) is 4.98 Å². The summed E-state index contributed by atoms with van der Waals surface area (Å²) in [4.78, 5) is 4.50. The first-order chi connectivity index (χ1) is 7.20. The third kappa shape index (κ3) is 2.33. The zero-order valence-electron chi connectivity index (χ0n) is 8.96. The summed E-state index contributed by atoms with van der Waals surface area (Å²) < 4.78 is 6.93. The zero-order chi connectivity index (χ0) is 10.8. The maximum absolute atomic E-state index is 5.75. The second-order valence-electron chi connectivity index (χ2n) is 3.85. The molecule has 0 aliphatic rings. The van der Waals surface area contributed by atoms with Crippen LogP contribution in [0.3, 0.4) is 0 Å². The summed E-state index contributed by atoms with van der Waals surface area (Å²) >= 11 is 2.28. The zero-order valence-corrected chi connectivity index (χ0v) is 11.1. The van der Waals surface area contributed by atoms with Gasteiger partial charge in [0, 0.05) is 9.49 Å². The van der Waals surface area contributed by atoms with Crippen LogP contribution in [0.4, 0.5) is 0 Å². The molecule has 0 bridgehead atoms. The van der Waals surface area contributed by atoms with Gasteiger partial charge in [0.15, 0.2) is 11.5 Å². The maximum atomic E-state index is 5.75. The first kappa shape index (κ1) is 10.9. The Hall–Kier alpha value is -0.580. The summed E-state index contributed by atoms with van der Waals surface area (Å²) in [5.41, 5.74) is 1.87. The highest BCUT2D eigenvalue weighted by atomic mass is 127. The minimum atomic E-state index is 0.417. The van der Waals surface area contributed by atoms with Gasteiger partial charge in [0.2, 0.25) is 0 Å². The molecule has 0 fully saturated rings. The van der Waals surface area contributed by atoms with Gasteiger partial charge >= 0.3 is 0 Å². The Morgan fingerprint density at radius 2 is 2.27 bits per heavy atom. The van der Waals surface area contributed by atoms with E-state index in [-0.39, 0.29) is 0 Å². The first-order valence-electron chi connectivity index (χ1n) is 5.26. The Balaban J connectivity index is 2.38. The van der Waals surface area contributed by atoms with E-state index in [1.165, 1.54) is 3.57 Å². The molecule has 0 radical (unpaired) electrons.